The first kappa shape index (κ1) is 13.6. The molecule has 1 atom stereocenters. The molecule has 0 aliphatic rings. The molecule has 2 aromatic heterocycles. The number of benzene rings is 1. The van der Waals surface area contributed by atoms with E-state index in [-0.39, 0.29) is 17.0 Å². The maximum absolute atomic E-state index is 12.7. The number of rotatable bonds is 2. The minimum Gasteiger partial charge on any atom is -0.439 e. The zero-order valence-electron chi connectivity index (χ0n) is 10.9. The third-order valence-corrected chi connectivity index (χ3v) is 3.08. The predicted octanol–water partition coefficient (Wildman–Crippen LogP) is 2.63. The number of nitrogens with two attached hydrogens (primary N) is 1. The Morgan fingerprint density at radius 3 is 2.71 bits per heavy atom. The molecule has 8 heteroatoms. The molecular weight excluding hydrogens is 285 g/mol. The Bertz CT molecular complexity index is 790. The van der Waals surface area contributed by atoms with Gasteiger partial charge in [0.05, 0.1) is 11.8 Å². The molecule has 0 bridgehead atoms. The average Bonchev–Trinajstić information content (AvgIpc) is 3.01. The third kappa shape index (κ3) is 2.49. The number of alkyl halides is 3. The standard InChI is InChI=1S/C13H11F3N4O/c1-20-6-7(5-18-20)11(17)12-19-9-4-8(13(14,15)16)2-3-10(9)21-12/h2-6,11H,17H2,1H3. The summed E-state index contributed by atoms with van der Waals surface area (Å²) >= 11 is 0. The van der Waals surface area contributed by atoms with Gasteiger partial charge in [0.15, 0.2) is 5.58 Å². The van der Waals surface area contributed by atoms with Crippen molar-refractivity contribution in [3.8, 4) is 0 Å². The molecule has 2 heterocycles. The zero-order valence-corrected chi connectivity index (χ0v) is 10.9. The lowest BCUT2D eigenvalue weighted by atomic mass is 10.2. The van der Waals surface area contributed by atoms with Crippen LogP contribution in [0.3, 0.4) is 0 Å². The molecule has 3 rings (SSSR count). The van der Waals surface area contributed by atoms with E-state index in [0.717, 1.165) is 12.1 Å². The van der Waals surface area contributed by atoms with E-state index in [2.05, 4.69) is 10.1 Å². The van der Waals surface area contributed by atoms with Gasteiger partial charge in [-0.25, -0.2) is 4.98 Å². The molecule has 0 fully saturated rings. The first-order valence-electron chi connectivity index (χ1n) is 6.06. The average molecular weight is 296 g/mol. The van der Waals surface area contributed by atoms with Gasteiger partial charge in [-0.15, -0.1) is 0 Å². The van der Waals surface area contributed by atoms with Gasteiger partial charge in [-0.1, -0.05) is 0 Å². The molecular formula is C13H11F3N4O. The summed E-state index contributed by atoms with van der Waals surface area (Å²) in [4.78, 5) is 4.04. The lowest BCUT2D eigenvalue weighted by molar-refractivity contribution is -0.137. The van der Waals surface area contributed by atoms with Crippen LogP contribution in [0.5, 0.6) is 0 Å². The van der Waals surface area contributed by atoms with Crippen molar-refractivity contribution in [3.05, 3.63) is 47.6 Å². The highest BCUT2D eigenvalue weighted by molar-refractivity contribution is 5.73. The summed E-state index contributed by atoms with van der Waals surface area (Å²) in [6, 6.07) is 2.45. The molecule has 0 saturated carbocycles. The third-order valence-electron chi connectivity index (χ3n) is 3.08. The summed E-state index contributed by atoms with van der Waals surface area (Å²) < 4.78 is 45.0. The van der Waals surface area contributed by atoms with Crippen molar-refractivity contribution < 1.29 is 17.6 Å². The van der Waals surface area contributed by atoms with Crippen LogP contribution >= 0.6 is 0 Å². The minimum atomic E-state index is -4.42. The predicted molar refractivity (Wildman–Crippen MR) is 68.2 cm³/mol. The fraction of sp³-hybridized carbons (Fsp3) is 0.231. The smallest absolute Gasteiger partial charge is 0.416 e. The molecule has 0 spiro atoms. The van der Waals surface area contributed by atoms with Crippen molar-refractivity contribution in [2.45, 2.75) is 12.2 Å². The Balaban J connectivity index is 2.01. The number of fused-ring (bicyclic) bond motifs is 1. The zero-order chi connectivity index (χ0) is 15.2. The highest BCUT2D eigenvalue weighted by Gasteiger charge is 2.31. The second-order valence-corrected chi connectivity index (χ2v) is 4.66. The number of aromatic nitrogens is 3. The van der Waals surface area contributed by atoms with E-state index in [1.54, 1.807) is 24.1 Å². The topological polar surface area (TPSA) is 69.9 Å². The van der Waals surface area contributed by atoms with Crippen LogP contribution in [-0.4, -0.2) is 14.8 Å². The van der Waals surface area contributed by atoms with Crippen LogP contribution in [0.1, 0.15) is 23.1 Å². The molecule has 0 aliphatic carbocycles. The lowest BCUT2D eigenvalue weighted by Crippen LogP contribution is -2.11. The fourth-order valence-corrected chi connectivity index (χ4v) is 2.00. The Kier molecular flexibility index (Phi) is 2.98. The van der Waals surface area contributed by atoms with E-state index in [4.69, 9.17) is 10.2 Å². The van der Waals surface area contributed by atoms with E-state index in [1.165, 1.54) is 6.07 Å². The first-order chi connectivity index (χ1) is 9.84. The fourth-order valence-electron chi connectivity index (χ4n) is 2.00. The van der Waals surface area contributed by atoms with Crippen LogP contribution in [0, 0.1) is 0 Å². The molecule has 5 nitrogen and oxygen atoms in total. The monoisotopic (exact) mass is 296 g/mol. The Labute approximate surface area is 117 Å². The maximum Gasteiger partial charge on any atom is 0.416 e. The highest BCUT2D eigenvalue weighted by atomic mass is 19.4. The van der Waals surface area contributed by atoms with E-state index in [9.17, 15) is 13.2 Å². The number of oxazole rings is 1. The van der Waals surface area contributed by atoms with Gasteiger partial charge in [0.1, 0.15) is 11.6 Å². The summed E-state index contributed by atoms with van der Waals surface area (Å²) in [5.41, 5.74) is 6.26. The number of aryl methyl sites for hydroxylation is 1. The molecule has 0 amide bonds. The van der Waals surface area contributed by atoms with Gasteiger partial charge in [-0.2, -0.15) is 18.3 Å². The van der Waals surface area contributed by atoms with Crippen LogP contribution in [-0.2, 0) is 13.2 Å². The molecule has 1 unspecified atom stereocenters. The Morgan fingerprint density at radius 1 is 1.33 bits per heavy atom. The summed E-state index contributed by atoms with van der Waals surface area (Å²) in [5, 5.41) is 3.98. The van der Waals surface area contributed by atoms with Gasteiger partial charge in [-0.3, -0.25) is 4.68 Å². The van der Waals surface area contributed by atoms with Gasteiger partial charge in [-0.05, 0) is 18.2 Å². The van der Waals surface area contributed by atoms with Crippen LogP contribution in [0.25, 0.3) is 11.1 Å². The quantitative estimate of drug-likeness (QED) is 0.789. The van der Waals surface area contributed by atoms with Crippen molar-refractivity contribution in [1.29, 1.82) is 0 Å². The summed E-state index contributed by atoms with van der Waals surface area (Å²) in [5.74, 6) is 0.150. The molecule has 110 valence electrons. The van der Waals surface area contributed by atoms with Crippen LogP contribution in [0.15, 0.2) is 35.0 Å². The van der Waals surface area contributed by atoms with Crippen LogP contribution in [0.2, 0.25) is 0 Å². The molecule has 0 radical (unpaired) electrons. The van der Waals surface area contributed by atoms with Gasteiger partial charge in [0.25, 0.3) is 0 Å². The number of halogens is 3. The number of hydrogen-bond acceptors (Lipinski definition) is 4. The lowest BCUT2D eigenvalue weighted by Gasteiger charge is -2.04. The minimum absolute atomic E-state index is 0.124. The van der Waals surface area contributed by atoms with Crippen molar-refractivity contribution in [1.82, 2.24) is 14.8 Å². The Morgan fingerprint density at radius 2 is 2.10 bits per heavy atom. The second-order valence-electron chi connectivity index (χ2n) is 4.66. The maximum atomic E-state index is 12.7. The van der Waals surface area contributed by atoms with Gasteiger partial charge in [0.2, 0.25) is 5.89 Å². The molecule has 3 aromatic rings. The normalized spacial score (nSPS) is 13.8. The van der Waals surface area contributed by atoms with Crippen LogP contribution in [0.4, 0.5) is 13.2 Å². The summed E-state index contributed by atoms with van der Waals surface area (Å²) in [7, 11) is 1.73. The molecule has 1 aromatic carbocycles. The SMILES string of the molecule is Cn1cc(C(N)c2nc3cc(C(F)(F)F)ccc3o2)cn1. The summed E-state index contributed by atoms with van der Waals surface area (Å²) in [6.07, 6.45) is -1.17. The van der Waals surface area contributed by atoms with Crippen LogP contribution < -0.4 is 5.73 Å². The largest absolute Gasteiger partial charge is 0.439 e. The van der Waals surface area contributed by atoms with E-state index < -0.39 is 17.8 Å². The number of nitrogens with zero attached hydrogens (tertiary/aromatic N) is 3. The summed E-state index contributed by atoms with van der Waals surface area (Å²) in [6.45, 7) is 0. The number of hydrogen-bond donors (Lipinski definition) is 1. The van der Waals surface area contributed by atoms with Gasteiger partial charge >= 0.3 is 6.18 Å². The van der Waals surface area contributed by atoms with E-state index in [0.29, 0.717) is 5.56 Å². The van der Waals surface area contributed by atoms with E-state index >= 15 is 0 Å². The molecule has 21 heavy (non-hydrogen) atoms. The van der Waals surface area contributed by atoms with Crippen molar-refractivity contribution >= 4 is 11.1 Å². The van der Waals surface area contributed by atoms with Gasteiger partial charge < -0.3 is 10.2 Å². The Hall–Kier alpha value is -2.35. The first-order valence-corrected chi connectivity index (χ1v) is 6.06. The van der Waals surface area contributed by atoms with E-state index in [1.807, 2.05) is 0 Å². The molecule has 2 N–H and O–H groups in total. The molecule has 0 saturated heterocycles. The van der Waals surface area contributed by atoms with Crippen molar-refractivity contribution in [2.75, 3.05) is 0 Å². The van der Waals surface area contributed by atoms with Crippen molar-refractivity contribution in [3.63, 3.8) is 0 Å². The molecule has 0 aliphatic heterocycles. The van der Waals surface area contributed by atoms with Gasteiger partial charge in [0, 0.05) is 18.8 Å². The van der Waals surface area contributed by atoms with Crippen molar-refractivity contribution in [2.24, 2.45) is 12.8 Å². The second kappa shape index (κ2) is 4.59. The highest BCUT2D eigenvalue weighted by Crippen LogP contribution is 2.32.